The van der Waals surface area contributed by atoms with Crippen LogP contribution in [0.2, 0.25) is 0 Å². The normalized spacial score (nSPS) is 30.9. The molecule has 4 fully saturated rings. The molecule has 4 aliphatic rings. The van der Waals surface area contributed by atoms with Crippen LogP contribution in [0.5, 0.6) is 0 Å². The van der Waals surface area contributed by atoms with Crippen LogP contribution in [0.1, 0.15) is 55.4 Å². The maximum absolute atomic E-state index is 10.1. The maximum atomic E-state index is 10.1. The molecule has 15 nitrogen and oxygen atoms in total. The van der Waals surface area contributed by atoms with Gasteiger partial charge in [-0.05, 0) is 55.4 Å². The summed E-state index contributed by atoms with van der Waals surface area (Å²) in [5.74, 6) is -2.55. The van der Waals surface area contributed by atoms with Crippen molar-refractivity contribution >= 4 is 0 Å². The highest BCUT2D eigenvalue weighted by Crippen LogP contribution is 2.25. The molecule has 48 heavy (non-hydrogen) atoms. The zero-order chi connectivity index (χ0) is 34.8. The molecule has 0 saturated carbocycles. The van der Waals surface area contributed by atoms with E-state index >= 15 is 0 Å². The lowest BCUT2D eigenvalue weighted by atomic mass is 10.3. The Morgan fingerprint density at radius 2 is 0.792 bits per heavy atom. The van der Waals surface area contributed by atoms with Crippen molar-refractivity contribution in [2.24, 2.45) is 0 Å². The zero-order valence-corrected chi connectivity index (χ0v) is 30.1. The lowest BCUT2D eigenvalue weighted by Crippen LogP contribution is -2.36. The van der Waals surface area contributed by atoms with Crippen molar-refractivity contribution in [3.05, 3.63) is 0 Å². The smallest absolute Gasteiger partial charge is 0.163 e. The van der Waals surface area contributed by atoms with E-state index in [2.05, 4.69) is 0 Å². The lowest BCUT2D eigenvalue weighted by molar-refractivity contribution is -0.163. The van der Waals surface area contributed by atoms with Gasteiger partial charge in [0.1, 0.15) is 42.7 Å². The number of hydrogen-bond donors (Lipinski definition) is 1. The Kier molecular flexibility index (Phi) is 15.3. The third kappa shape index (κ3) is 14.6. The number of aliphatic hydroxyl groups is 1. The fourth-order valence-corrected chi connectivity index (χ4v) is 5.55. The highest BCUT2D eigenvalue weighted by atomic mass is 16.8. The monoisotopic (exact) mass is 696 g/mol. The van der Waals surface area contributed by atoms with Gasteiger partial charge in [0.2, 0.25) is 0 Å². The average molecular weight is 697 g/mol. The first kappa shape index (κ1) is 40.2. The summed E-state index contributed by atoms with van der Waals surface area (Å²) in [5.41, 5.74) is 0. The average Bonchev–Trinajstić information content (AvgIpc) is 3.75. The fraction of sp³-hybridized carbons (Fsp3) is 1.00. The van der Waals surface area contributed by atoms with E-state index in [4.69, 9.17) is 66.3 Å². The van der Waals surface area contributed by atoms with Crippen molar-refractivity contribution < 1.29 is 71.4 Å². The first-order chi connectivity index (χ1) is 22.6. The topological polar surface area (TPSA) is 149 Å². The largest absolute Gasteiger partial charge is 0.394 e. The summed E-state index contributed by atoms with van der Waals surface area (Å²) in [4.78, 5) is 0. The van der Waals surface area contributed by atoms with Crippen molar-refractivity contribution in [1.82, 2.24) is 0 Å². The zero-order valence-electron chi connectivity index (χ0n) is 30.1. The van der Waals surface area contributed by atoms with Crippen molar-refractivity contribution in [1.29, 1.82) is 0 Å². The van der Waals surface area contributed by atoms with Gasteiger partial charge in [-0.15, -0.1) is 0 Å². The second-order valence-electron chi connectivity index (χ2n) is 14.5. The molecular formula is C33H60O15. The van der Waals surface area contributed by atoms with Gasteiger partial charge in [-0.1, -0.05) is 0 Å². The predicted molar refractivity (Wildman–Crippen MR) is 168 cm³/mol. The highest BCUT2D eigenvalue weighted by Gasteiger charge is 2.36. The van der Waals surface area contributed by atoms with Crippen LogP contribution in [-0.2, 0) is 66.3 Å². The first-order valence-corrected chi connectivity index (χ1v) is 17.1. The van der Waals surface area contributed by atoms with E-state index in [0.717, 1.165) is 0 Å². The molecule has 7 atom stereocenters. The minimum absolute atomic E-state index is 0.129. The molecule has 0 aromatic rings. The van der Waals surface area contributed by atoms with Crippen molar-refractivity contribution in [3.8, 4) is 0 Å². The molecule has 0 spiro atoms. The summed E-state index contributed by atoms with van der Waals surface area (Å²) in [6.45, 7) is 18.9. The van der Waals surface area contributed by atoms with Gasteiger partial charge in [0.15, 0.2) is 23.1 Å². The van der Waals surface area contributed by atoms with E-state index in [1.807, 2.05) is 55.4 Å². The number of rotatable bonds is 22. The Hall–Kier alpha value is -0.600. The molecule has 0 amide bonds. The predicted octanol–water partition coefficient (Wildman–Crippen LogP) is 1.79. The second kappa shape index (κ2) is 18.2. The lowest BCUT2D eigenvalue weighted by Gasteiger charge is -2.25. The molecule has 0 aromatic carbocycles. The van der Waals surface area contributed by atoms with Gasteiger partial charge >= 0.3 is 0 Å². The quantitative estimate of drug-likeness (QED) is 0.175. The van der Waals surface area contributed by atoms with Crippen LogP contribution in [0.15, 0.2) is 0 Å². The molecule has 0 aliphatic carbocycles. The van der Waals surface area contributed by atoms with Gasteiger partial charge in [0.25, 0.3) is 0 Å². The molecule has 4 rings (SSSR count). The highest BCUT2D eigenvalue weighted by molar-refractivity contribution is 4.75. The van der Waals surface area contributed by atoms with Gasteiger partial charge in [-0.2, -0.15) is 0 Å². The summed E-state index contributed by atoms with van der Waals surface area (Å²) in [6.07, 6.45) is -2.18. The van der Waals surface area contributed by atoms with E-state index in [1.165, 1.54) is 0 Å². The number of hydrogen-bond acceptors (Lipinski definition) is 15. The molecule has 4 aliphatic heterocycles. The summed E-state index contributed by atoms with van der Waals surface area (Å²) in [7, 11) is 0. The Bertz CT molecular complexity index is 931. The molecular weight excluding hydrogens is 636 g/mol. The SMILES string of the molecule is CC1(C)OCC(COCC(COCC(CO)OCC(COCC2COC(C)(C)O2)OCC2COC(C)(C)O2)OCC2COC(C)(C)O2)O1. The summed E-state index contributed by atoms with van der Waals surface area (Å²) in [5, 5.41) is 10.1. The molecule has 0 aromatic heterocycles. The van der Waals surface area contributed by atoms with Crippen LogP contribution in [0.25, 0.3) is 0 Å². The van der Waals surface area contributed by atoms with Crippen molar-refractivity contribution in [3.63, 3.8) is 0 Å². The van der Waals surface area contributed by atoms with Crippen LogP contribution in [0.4, 0.5) is 0 Å². The van der Waals surface area contributed by atoms with Crippen LogP contribution >= 0.6 is 0 Å². The molecule has 4 heterocycles. The van der Waals surface area contributed by atoms with Crippen LogP contribution in [0.3, 0.4) is 0 Å². The molecule has 0 radical (unpaired) electrons. The Morgan fingerprint density at radius 1 is 0.458 bits per heavy atom. The van der Waals surface area contributed by atoms with E-state index in [1.54, 1.807) is 0 Å². The number of aliphatic hydroxyl groups excluding tert-OH is 1. The third-order valence-electron chi connectivity index (χ3n) is 7.85. The van der Waals surface area contributed by atoms with Gasteiger partial charge in [-0.3, -0.25) is 0 Å². The van der Waals surface area contributed by atoms with Crippen LogP contribution < -0.4 is 0 Å². The summed E-state index contributed by atoms with van der Waals surface area (Å²) >= 11 is 0. The van der Waals surface area contributed by atoms with E-state index in [0.29, 0.717) is 52.9 Å². The fourth-order valence-electron chi connectivity index (χ4n) is 5.55. The van der Waals surface area contributed by atoms with Gasteiger partial charge in [0.05, 0.1) is 92.5 Å². The van der Waals surface area contributed by atoms with Gasteiger partial charge in [0, 0.05) is 0 Å². The standard InChI is InChI=1S/C33H60O15/c1-30(2)41-19-26(45-30)14-36-12-24(39-17-28-21-43-32(5,6)47-28)11-35-10-23(9-34)38-16-25(40-18-29-22-44-33(7,8)48-29)13-37-15-27-20-42-31(3,4)46-27/h23-29,34H,9-22H2,1-8H3. The van der Waals surface area contributed by atoms with E-state index in [-0.39, 0.29) is 64.1 Å². The van der Waals surface area contributed by atoms with E-state index < -0.39 is 41.5 Å². The maximum Gasteiger partial charge on any atom is 0.163 e. The van der Waals surface area contributed by atoms with Crippen molar-refractivity contribution in [2.45, 2.75) is 121 Å². The first-order valence-electron chi connectivity index (χ1n) is 17.1. The number of ether oxygens (including phenoxy) is 14. The molecule has 15 heteroatoms. The molecule has 282 valence electrons. The van der Waals surface area contributed by atoms with E-state index in [9.17, 15) is 5.11 Å². The Labute approximate surface area is 285 Å². The van der Waals surface area contributed by atoms with Crippen LogP contribution in [-0.4, -0.2) is 163 Å². The van der Waals surface area contributed by atoms with Gasteiger partial charge < -0.3 is 71.4 Å². The Morgan fingerprint density at radius 3 is 1.15 bits per heavy atom. The minimum Gasteiger partial charge on any atom is -0.394 e. The Balaban J connectivity index is 1.21. The molecule has 1 N–H and O–H groups in total. The molecule has 0 bridgehead atoms. The summed E-state index contributed by atoms with van der Waals surface area (Å²) < 4.78 is 82.1. The van der Waals surface area contributed by atoms with Gasteiger partial charge in [-0.25, -0.2) is 0 Å². The molecule has 4 saturated heterocycles. The summed E-state index contributed by atoms with van der Waals surface area (Å²) in [6, 6.07) is 0. The second-order valence-corrected chi connectivity index (χ2v) is 14.5. The van der Waals surface area contributed by atoms with Crippen LogP contribution in [0, 0.1) is 0 Å². The third-order valence-corrected chi connectivity index (χ3v) is 7.85. The molecule has 7 unspecified atom stereocenters. The van der Waals surface area contributed by atoms with Crippen molar-refractivity contribution in [2.75, 3.05) is 92.5 Å². The minimum atomic E-state index is -0.654.